The zero-order valence-corrected chi connectivity index (χ0v) is 7.97. The molecule has 12 heavy (non-hydrogen) atoms. The minimum atomic E-state index is -0.129. The zero-order chi connectivity index (χ0) is 8.43. The summed E-state index contributed by atoms with van der Waals surface area (Å²) in [6.07, 6.45) is 0. The maximum atomic E-state index is 10.6. The summed E-state index contributed by atoms with van der Waals surface area (Å²) in [6, 6.07) is 0. The van der Waals surface area contributed by atoms with Crippen molar-refractivity contribution in [3.8, 4) is 0 Å². The van der Waals surface area contributed by atoms with Gasteiger partial charge in [0.15, 0.2) is 0 Å². The fourth-order valence-electron chi connectivity index (χ4n) is 0.788. The lowest BCUT2D eigenvalue weighted by Crippen LogP contribution is -2.22. The van der Waals surface area contributed by atoms with E-state index >= 15 is 0 Å². The number of nitrogens with zero attached hydrogens (tertiary/aromatic N) is 3. The predicted octanol–water partition coefficient (Wildman–Crippen LogP) is 0.407. The van der Waals surface area contributed by atoms with Gasteiger partial charge in [-0.2, -0.15) is 0 Å². The number of hydrogen-bond donors (Lipinski definition) is 1. The SMILES string of the molecule is CC(=O)Nn1c(C)nnc1C.Cl. The van der Waals surface area contributed by atoms with E-state index in [0.717, 1.165) is 0 Å². The maximum Gasteiger partial charge on any atom is 0.235 e. The summed E-state index contributed by atoms with van der Waals surface area (Å²) >= 11 is 0. The molecule has 0 saturated heterocycles. The minimum absolute atomic E-state index is 0. The van der Waals surface area contributed by atoms with Crippen LogP contribution in [0.25, 0.3) is 0 Å². The average molecular weight is 191 g/mol. The number of rotatable bonds is 1. The topological polar surface area (TPSA) is 59.8 Å². The highest BCUT2D eigenvalue weighted by atomic mass is 35.5. The molecule has 6 heteroatoms. The number of aromatic nitrogens is 3. The van der Waals surface area contributed by atoms with Gasteiger partial charge in [-0.05, 0) is 13.8 Å². The number of amides is 1. The molecule has 0 aliphatic rings. The van der Waals surface area contributed by atoms with E-state index in [0.29, 0.717) is 11.6 Å². The van der Waals surface area contributed by atoms with Crippen molar-refractivity contribution in [2.45, 2.75) is 20.8 Å². The van der Waals surface area contributed by atoms with E-state index in [1.807, 2.05) is 0 Å². The van der Waals surface area contributed by atoms with Crippen molar-refractivity contribution in [3.05, 3.63) is 11.6 Å². The van der Waals surface area contributed by atoms with Gasteiger partial charge in [0.2, 0.25) is 5.91 Å². The molecule has 0 fully saturated rings. The Labute approximate surface area is 76.6 Å². The summed E-state index contributed by atoms with van der Waals surface area (Å²) in [7, 11) is 0. The highest BCUT2D eigenvalue weighted by Crippen LogP contribution is 1.94. The van der Waals surface area contributed by atoms with E-state index in [1.54, 1.807) is 18.5 Å². The Balaban J connectivity index is 0.00000121. The number of nitrogens with one attached hydrogen (secondary N) is 1. The number of halogens is 1. The molecule has 1 N–H and O–H groups in total. The first-order valence-electron chi connectivity index (χ1n) is 3.27. The molecule has 1 aromatic rings. The summed E-state index contributed by atoms with van der Waals surface area (Å²) in [4.78, 5) is 10.6. The van der Waals surface area contributed by atoms with Crippen LogP contribution in [-0.2, 0) is 4.79 Å². The second-order valence-electron chi connectivity index (χ2n) is 2.30. The molecule has 1 amide bonds. The smallest absolute Gasteiger partial charge is 0.235 e. The zero-order valence-electron chi connectivity index (χ0n) is 7.16. The van der Waals surface area contributed by atoms with Crippen LogP contribution < -0.4 is 5.43 Å². The van der Waals surface area contributed by atoms with E-state index in [2.05, 4.69) is 15.6 Å². The van der Waals surface area contributed by atoms with E-state index in [-0.39, 0.29) is 18.3 Å². The van der Waals surface area contributed by atoms with Gasteiger partial charge in [-0.1, -0.05) is 0 Å². The van der Waals surface area contributed by atoms with E-state index in [9.17, 15) is 4.79 Å². The first kappa shape index (κ1) is 10.9. The molecule has 1 rings (SSSR count). The lowest BCUT2D eigenvalue weighted by Gasteiger charge is -2.04. The Hall–Kier alpha value is -1.10. The summed E-state index contributed by atoms with van der Waals surface area (Å²) in [5.41, 5.74) is 2.57. The van der Waals surface area contributed by atoms with Crippen molar-refractivity contribution in [2.24, 2.45) is 0 Å². The summed E-state index contributed by atoms with van der Waals surface area (Å²) < 4.78 is 1.54. The molecule has 0 saturated carbocycles. The summed E-state index contributed by atoms with van der Waals surface area (Å²) in [5.74, 6) is 1.23. The Kier molecular flexibility index (Phi) is 3.69. The van der Waals surface area contributed by atoms with Crippen LogP contribution in [0.4, 0.5) is 0 Å². The molecule has 0 bridgehead atoms. The summed E-state index contributed by atoms with van der Waals surface area (Å²) in [5, 5.41) is 7.53. The Morgan fingerprint density at radius 2 is 1.75 bits per heavy atom. The van der Waals surface area contributed by atoms with Gasteiger partial charge in [-0.25, -0.2) is 4.68 Å². The molecule has 0 aliphatic heterocycles. The Morgan fingerprint density at radius 1 is 1.33 bits per heavy atom. The first-order valence-corrected chi connectivity index (χ1v) is 3.27. The standard InChI is InChI=1S/C6H10N4O.ClH/c1-4-7-8-5(2)10(4)9-6(3)11;/h1-3H3,(H,9,11);1H. The number of carbonyl (C=O) groups excluding carboxylic acids is 1. The van der Waals surface area contributed by atoms with Gasteiger partial charge < -0.3 is 0 Å². The lowest BCUT2D eigenvalue weighted by atomic mass is 10.6. The largest absolute Gasteiger partial charge is 0.274 e. The van der Waals surface area contributed by atoms with Crippen LogP contribution in [0.5, 0.6) is 0 Å². The van der Waals surface area contributed by atoms with Crippen molar-refractivity contribution >= 4 is 18.3 Å². The second kappa shape index (κ2) is 4.06. The van der Waals surface area contributed by atoms with Crippen molar-refractivity contribution < 1.29 is 4.79 Å². The van der Waals surface area contributed by atoms with Gasteiger partial charge in [-0.15, -0.1) is 22.6 Å². The van der Waals surface area contributed by atoms with Gasteiger partial charge in [0.1, 0.15) is 11.6 Å². The van der Waals surface area contributed by atoms with Gasteiger partial charge in [-0.3, -0.25) is 10.2 Å². The maximum absolute atomic E-state index is 10.6. The van der Waals surface area contributed by atoms with Gasteiger partial charge in [0.25, 0.3) is 0 Å². The van der Waals surface area contributed by atoms with Crippen LogP contribution in [0.15, 0.2) is 0 Å². The molecule has 0 atom stereocenters. The minimum Gasteiger partial charge on any atom is -0.274 e. The van der Waals surface area contributed by atoms with E-state index in [1.165, 1.54) is 6.92 Å². The lowest BCUT2D eigenvalue weighted by molar-refractivity contribution is -0.115. The third kappa shape index (κ3) is 2.20. The fraction of sp³-hybridized carbons (Fsp3) is 0.500. The molecule has 1 aromatic heterocycles. The molecule has 0 aromatic carbocycles. The number of aryl methyl sites for hydroxylation is 2. The Morgan fingerprint density at radius 3 is 2.08 bits per heavy atom. The highest BCUT2D eigenvalue weighted by molar-refractivity contribution is 5.85. The van der Waals surface area contributed by atoms with Gasteiger partial charge in [0.05, 0.1) is 0 Å². The van der Waals surface area contributed by atoms with Crippen molar-refractivity contribution in [1.29, 1.82) is 0 Å². The molecule has 0 unspecified atom stereocenters. The highest BCUT2D eigenvalue weighted by Gasteiger charge is 2.03. The Bertz CT molecular complexity index is 264. The van der Waals surface area contributed by atoms with E-state index in [4.69, 9.17) is 0 Å². The number of hydrogen-bond acceptors (Lipinski definition) is 3. The molecule has 68 valence electrons. The number of carbonyl (C=O) groups is 1. The molecule has 0 aliphatic carbocycles. The quantitative estimate of drug-likeness (QED) is 0.698. The molecule has 1 heterocycles. The predicted molar refractivity (Wildman–Crippen MR) is 46.8 cm³/mol. The molecular formula is C6H11ClN4O. The average Bonchev–Trinajstić information content (AvgIpc) is 2.18. The van der Waals surface area contributed by atoms with Gasteiger partial charge in [0, 0.05) is 6.92 Å². The third-order valence-electron chi connectivity index (χ3n) is 1.26. The van der Waals surface area contributed by atoms with Crippen LogP contribution in [0.2, 0.25) is 0 Å². The van der Waals surface area contributed by atoms with Crippen LogP contribution >= 0.6 is 12.4 Å². The monoisotopic (exact) mass is 190 g/mol. The first-order chi connectivity index (χ1) is 5.11. The summed E-state index contributed by atoms with van der Waals surface area (Å²) in [6.45, 7) is 4.99. The second-order valence-corrected chi connectivity index (χ2v) is 2.30. The molecular weight excluding hydrogens is 180 g/mol. The van der Waals surface area contributed by atoms with Crippen LogP contribution in [0.3, 0.4) is 0 Å². The fourth-order valence-corrected chi connectivity index (χ4v) is 0.788. The third-order valence-corrected chi connectivity index (χ3v) is 1.26. The van der Waals surface area contributed by atoms with Crippen LogP contribution in [-0.4, -0.2) is 20.8 Å². The van der Waals surface area contributed by atoms with Crippen molar-refractivity contribution in [1.82, 2.24) is 14.9 Å². The molecule has 0 radical (unpaired) electrons. The van der Waals surface area contributed by atoms with E-state index < -0.39 is 0 Å². The van der Waals surface area contributed by atoms with Gasteiger partial charge >= 0.3 is 0 Å². The van der Waals surface area contributed by atoms with Crippen molar-refractivity contribution in [2.75, 3.05) is 5.43 Å². The molecule has 5 nitrogen and oxygen atoms in total. The van der Waals surface area contributed by atoms with Crippen LogP contribution in [0, 0.1) is 13.8 Å². The van der Waals surface area contributed by atoms with Crippen LogP contribution in [0.1, 0.15) is 18.6 Å². The normalized spacial score (nSPS) is 8.92. The molecule has 0 spiro atoms. The van der Waals surface area contributed by atoms with Crippen molar-refractivity contribution in [3.63, 3.8) is 0 Å².